The van der Waals surface area contributed by atoms with Gasteiger partial charge in [-0.25, -0.2) is 15.0 Å². The van der Waals surface area contributed by atoms with Crippen LogP contribution in [0.15, 0.2) is 47.1 Å². The van der Waals surface area contributed by atoms with Gasteiger partial charge in [-0.2, -0.15) is 5.10 Å². The molecule has 0 bridgehead atoms. The first-order chi connectivity index (χ1) is 16.8. The zero-order chi connectivity index (χ0) is 25.5. The van der Waals surface area contributed by atoms with E-state index in [1.54, 1.807) is 41.5 Å². The summed E-state index contributed by atoms with van der Waals surface area (Å²) < 4.78 is 2.00. The van der Waals surface area contributed by atoms with Crippen molar-refractivity contribution in [3.8, 4) is 11.5 Å². The number of carbonyl (C=O) groups excluding carboxylic acids is 1. The Balaban J connectivity index is 1.97. The van der Waals surface area contributed by atoms with Crippen molar-refractivity contribution in [2.45, 2.75) is 33.7 Å². The van der Waals surface area contributed by atoms with Gasteiger partial charge in [-0.05, 0) is 64.6 Å². The molecule has 2 heterocycles. The van der Waals surface area contributed by atoms with Crippen LogP contribution in [0.25, 0.3) is 22.4 Å². The summed E-state index contributed by atoms with van der Waals surface area (Å²) in [6.45, 7) is 12.4. The van der Waals surface area contributed by atoms with Gasteiger partial charge < -0.3 is 14.8 Å². The number of hydrogen-bond acceptors (Lipinski definition) is 7. The molecule has 0 spiro atoms. The number of allylic oxidation sites excluding steroid dienone is 1. The number of carbonyl (C=O) groups is 1. The summed E-state index contributed by atoms with van der Waals surface area (Å²) >= 11 is 6.26. The van der Waals surface area contributed by atoms with Gasteiger partial charge in [-0.1, -0.05) is 11.6 Å². The Morgan fingerprint density at radius 3 is 2.74 bits per heavy atom. The Morgan fingerprint density at radius 2 is 2.06 bits per heavy atom. The van der Waals surface area contributed by atoms with E-state index < -0.39 is 0 Å². The molecule has 0 atom stereocenters. The fourth-order valence-electron chi connectivity index (χ4n) is 3.80. The summed E-state index contributed by atoms with van der Waals surface area (Å²) in [6.07, 6.45) is 4.64. The van der Waals surface area contributed by atoms with E-state index in [2.05, 4.69) is 32.1 Å². The monoisotopic (exact) mass is 496 g/mol. The second-order valence-electron chi connectivity index (χ2n) is 8.40. The first-order valence-electron chi connectivity index (χ1n) is 11.6. The smallest absolute Gasteiger partial charge is 0.273 e. The van der Waals surface area contributed by atoms with Crippen molar-refractivity contribution in [2.75, 3.05) is 33.7 Å². The molecule has 3 rings (SSSR count). The molecule has 1 amide bonds. The number of halogens is 1. The molecule has 35 heavy (non-hydrogen) atoms. The lowest BCUT2D eigenvalue weighted by Crippen LogP contribution is -2.30. The average Bonchev–Trinajstić information content (AvgIpc) is 3.32. The van der Waals surface area contributed by atoms with Crippen molar-refractivity contribution >= 4 is 35.1 Å². The third-order valence-corrected chi connectivity index (χ3v) is 6.10. The van der Waals surface area contributed by atoms with E-state index in [0.29, 0.717) is 46.2 Å². The minimum Gasteiger partial charge on any atom is -0.337 e. The van der Waals surface area contributed by atoms with Crippen LogP contribution in [0.3, 0.4) is 0 Å². The number of rotatable bonds is 11. The number of likely N-dealkylation sites (N-methyl/N-ethyl adjacent to an activating group) is 1. The quantitative estimate of drug-likeness (QED) is 0.244. The van der Waals surface area contributed by atoms with Crippen molar-refractivity contribution in [2.24, 2.45) is 5.10 Å². The Labute approximate surface area is 211 Å². The zero-order valence-electron chi connectivity index (χ0n) is 21.0. The molecule has 0 unspecified atom stereocenters. The van der Waals surface area contributed by atoms with Crippen LogP contribution < -0.4 is 5.32 Å². The van der Waals surface area contributed by atoms with E-state index in [0.717, 1.165) is 30.8 Å². The molecule has 1 aromatic carbocycles. The molecule has 0 aliphatic heterocycles. The van der Waals surface area contributed by atoms with Crippen molar-refractivity contribution < 1.29 is 4.79 Å². The fraction of sp³-hybridized carbons (Fsp3) is 0.400. The number of imidazole rings is 1. The van der Waals surface area contributed by atoms with Gasteiger partial charge in [0.05, 0.1) is 11.8 Å². The van der Waals surface area contributed by atoms with E-state index in [-0.39, 0.29) is 5.91 Å². The van der Waals surface area contributed by atoms with Crippen LogP contribution in [0.5, 0.6) is 0 Å². The predicted octanol–water partition coefficient (Wildman–Crippen LogP) is 4.06. The van der Waals surface area contributed by atoms with Gasteiger partial charge in [0.25, 0.3) is 5.91 Å². The lowest BCUT2D eigenvalue weighted by Gasteiger charge is -2.23. The molecule has 9 nitrogen and oxygen atoms in total. The number of fused-ring (bicyclic) bond motifs is 1. The zero-order valence-corrected chi connectivity index (χ0v) is 21.8. The lowest BCUT2D eigenvalue weighted by molar-refractivity contribution is 0.0802. The molecular weight excluding hydrogens is 464 g/mol. The van der Waals surface area contributed by atoms with Crippen LogP contribution >= 0.6 is 11.6 Å². The Morgan fingerprint density at radius 1 is 1.29 bits per heavy atom. The topological polar surface area (TPSA) is 91.5 Å². The minimum absolute atomic E-state index is 0.226. The normalized spacial score (nSPS) is 11.9. The number of aryl methyl sites for hydroxylation is 1. The largest absolute Gasteiger partial charge is 0.337 e. The molecule has 0 aliphatic rings. The number of hydrogen-bond donors (Lipinski definition) is 1. The molecule has 10 heteroatoms. The van der Waals surface area contributed by atoms with E-state index in [4.69, 9.17) is 11.6 Å². The maximum atomic E-state index is 13.6. The van der Waals surface area contributed by atoms with Crippen LogP contribution in [0.1, 0.15) is 37.7 Å². The van der Waals surface area contributed by atoms with E-state index in [1.165, 1.54) is 0 Å². The number of nitrogens with one attached hydrogen (secondary N) is 1. The van der Waals surface area contributed by atoms with Gasteiger partial charge in [0.15, 0.2) is 5.82 Å². The Hall–Kier alpha value is -3.30. The average molecular weight is 497 g/mol. The third-order valence-electron chi connectivity index (χ3n) is 5.86. The van der Waals surface area contributed by atoms with Crippen molar-refractivity contribution in [1.82, 2.24) is 34.7 Å². The van der Waals surface area contributed by atoms with Crippen molar-refractivity contribution in [3.63, 3.8) is 0 Å². The molecule has 0 saturated carbocycles. The van der Waals surface area contributed by atoms with Crippen LogP contribution in [-0.2, 0) is 6.54 Å². The standard InChI is InChI=1S/C25H33ClN8O/c1-7-34(28-5)18(3)17(2)14-32(6)25(35)23-20-13-19(26)9-10-21(20)30-24(31-23)22-15-33(16-29-22)12-8-11-27-4/h9-10,13,15-16,27H,5,7-8,11-12,14H2,1-4,6H3/b18-17+. The fourth-order valence-corrected chi connectivity index (χ4v) is 3.97. The molecule has 0 fully saturated rings. The van der Waals surface area contributed by atoms with Gasteiger partial charge in [0, 0.05) is 55.7 Å². The maximum absolute atomic E-state index is 13.6. The van der Waals surface area contributed by atoms with Gasteiger partial charge in [0.1, 0.15) is 11.4 Å². The molecule has 0 aliphatic carbocycles. The van der Waals surface area contributed by atoms with Gasteiger partial charge >= 0.3 is 0 Å². The first kappa shape index (κ1) is 26.3. The highest BCUT2D eigenvalue weighted by molar-refractivity contribution is 6.31. The summed E-state index contributed by atoms with van der Waals surface area (Å²) in [5.74, 6) is 0.177. The predicted molar refractivity (Wildman–Crippen MR) is 142 cm³/mol. The highest BCUT2D eigenvalue weighted by Gasteiger charge is 2.21. The number of amides is 1. The maximum Gasteiger partial charge on any atom is 0.273 e. The van der Waals surface area contributed by atoms with Crippen LogP contribution in [0.2, 0.25) is 5.02 Å². The summed E-state index contributed by atoms with van der Waals surface area (Å²) in [5, 5.41) is 10.1. The number of hydrazone groups is 1. The molecule has 3 aromatic rings. The van der Waals surface area contributed by atoms with Crippen molar-refractivity contribution in [1.29, 1.82) is 0 Å². The highest BCUT2D eigenvalue weighted by Crippen LogP contribution is 2.25. The van der Waals surface area contributed by atoms with E-state index >= 15 is 0 Å². The number of nitrogens with zero attached hydrogens (tertiary/aromatic N) is 7. The molecular formula is C25H33ClN8O. The van der Waals surface area contributed by atoms with E-state index in [1.807, 2.05) is 38.6 Å². The second-order valence-corrected chi connectivity index (χ2v) is 8.83. The van der Waals surface area contributed by atoms with Crippen molar-refractivity contribution in [3.05, 3.63) is 52.7 Å². The molecule has 1 N–H and O–H groups in total. The third kappa shape index (κ3) is 6.23. The summed E-state index contributed by atoms with van der Waals surface area (Å²) in [5.41, 5.74) is 3.51. The van der Waals surface area contributed by atoms with Crippen LogP contribution in [-0.4, -0.2) is 75.8 Å². The van der Waals surface area contributed by atoms with Crippen LogP contribution in [0, 0.1) is 0 Å². The Bertz CT molecular complexity index is 1240. The Kier molecular flexibility index (Phi) is 8.95. The number of aromatic nitrogens is 4. The minimum atomic E-state index is -0.226. The second kappa shape index (κ2) is 11.9. The van der Waals surface area contributed by atoms with E-state index in [9.17, 15) is 4.79 Å². The van der Waals surface area contributed by atoms with Gasteiger partial charge in [-0.15, -0.1) is 0 Å². The summed E-state index contributed by atoms with van der Waals surface area (Å²) in [7, 11) is 3.68. The summed E-state index contributed by atoms with van der Waals surface area (Å²) in [6, 6.07) is 5.28. The SMILES string of the molecule is C=NN(CC)/C(C)=C(\C)CN(C)C(=O)c1nc(-c2cn(CCCNC)cn2)nc2ccc(Cl)cc12. The van der Waals surface area contributed by atoms with Gasteiger partial charge in [-0.3, -0.25) is 9.80 Å². The van der Waals surface area contributed by atoms with Gasteiger partial charge in [0.2, 0.25) is 0 Å². The molecule has 0 saturated heterocycles. The summed E-state index contributed by atoms with van der Waals surface area (Å²) in [4.78, 5) is 29.0. The number of benzene rings is 1. The molecule has 186 valence electrons. The lowest BCUT2D eigenvalue weighted by atomic mass is 10.1. The highest BCUT2D eigenvalue weighted by atomic mass is 35.5. The molecule has 0 radical (unpaired) electrons. The first-order valence-corrected chi connectivity index (χ1v) is 12.0. The molecule has 2 aromatic heterocycles. The van der Waals surface area contributed by atoms with Crippen LogP contribution in [0.4, 0.5) is 0 Å².